The average Bonchev–Trinajstić information content (AvgIpc) is 2.47. The Kier molecular flexibility index (Phi) is 4.91. The second-order valence-electron chi connectivity index (χ2n) is 4.88. The number of anilines is 2. The second kappa shape index (κ2) is 6.87. The predicted molar refractivity (Wildman–Crippen MR) is 79.3 cm³/mol. The molecule has 1 aromatic rings. The first-order valence-corrected chi connectivity index (χ1v) is 7.05. The third kappa shape index (κ3) is 3.80. The van der Waals surface area contributed by atoms with Gasteiger partial charge in [0.05, 0.1) is 4.92 Å². The summed E-state index contributed by atoms with van der Waals surface area (Å²) in [4.78, 5) is 26.5. The van der Waals surface area contributed by atoms with Gasteiger partial charge in [0.2, 0.25) is 11.7 Å². The van der Waals surface area contributed by atoms with E-state index in [4.69, 9.17) is 0 Å². The highest BCUT2D eigenvalue weighted by molar-refractivity contribution is 5.85. The minimum absolute atomic E-state index is 0.128. The fraction of sp³-hybridized carbons (Fsp3) is 0.538. The molecule has 1 aliphatic heterocycles. The van der Waals surface area contributed by atoms with Gasteiger partial charge in [0.15, 0.2) is 0 Å². The molecular weight excluding hydrogens is 274 g/mol. The third-order valence-electron chi connectivity index (χ3n) is 3.22. The van der Waals surface area contributed by atoms with Crippen LogP contribution in [0.2, 0.25) is 0 Å². The highest BCUT2D eigenvalue weighted by Gasteiger charge is 2.25. The van der Waals surface area contributed by atoms with Crippen molar-refractivity contribution < 1.29 is 9.72 Å². The lowest BCUT2D eigenvalue weighted by atomic mass is 10.1. The number of hydrogen-bond acceptors (Lipinski definition) is 6. The van der Waals surface area contributed by atoms with Crippen LogP contribution in [0.5, 0.6) is 0 Å². The fourth-order valence-corrected chi connectivity index (χ4v) is 2.13. The topological polar surface area (TPSA) is 109 Å². The van der Waals surface area contributed by atoms with Crippen molar-refractivity contribution in [2.45, 2.75) is 32.2 Å². The Bertz CT molecular complexity index is 535. The zero-order chi connectivity index (χ0) is 15.2. The summed E-state index contributed by atoms with van der Waals surface area (Å²) in [5.74, 6) is 0.536. The molecule has 2 rings (SSSR count). The molecule has 1 fully saturated rings. The van der Waals surface area contributed by atoms with Crippen molar-refractivity contribution in [3.05, 3.63) is 22.2 Å². The molecule has 1 amide bonds. The Morgan fingerprint density at radius 2 is 2.33 bits per heavy atom. The minimum atomic E-state index is -0.500. The van der Waals surface area contributed by atoms with Crippen molar-refractivity contribution in [3.63, 3.8) is 0 Å². The number of nitro groups is 1. The molecule has 3 N–H and O–H groups in total. The number of aromatic nitrogens is 1. The molecule has 0 aliphatic carbocycles. The lowest BCUT2D eigenvalue weighted by Crippen LogP contribution is -2.44. The van der Waals surface area contributed by atoms with Crippen LogP contribution in [0.25, 0.3) is 0 Å². The number of carbonyl (C=O) groups is 1. The Morgan fingerprint density at radius 3 is 3.00 bits per heavy atom. The van der Waals surface area contributed by atoms with Gasteiger partial charge in [-0.3, -0.25) is 14.9 Å². The summed E-state index contributed by atoms with van der Waals surface area (Å²) >= 11 is 0. The molecule has 1 aromatic heterocycles. The Morgan fingerprint density at radius 1 is 1.52 bits per heavy atom. The van der Waals surface area contributed by atoms with Crippen LogP contribution in [-0.4, -0.2) is 34.9 Å². The van der Waals surface area contributed by atoms with E-state index in [1.54, 1.807) is 6.07 Å². The van der Waals surface area contributed by atoms with Crippen LogP contribution in [0.15, 0.2) is 12.1 Å². The molecule has 1 atom stereocenters. The van der Waals surface area contributed by atoms with E-state index in [9.17, 15) is 14.9 Å². The first-order valence-electron chi connectivity index (χ1n) is 7.05. The summed E-state index contributed by atoms with van der Waals surface area (Å²) in [5.41, 5.74) is -0.129. The molecule has 0 saturated carbocycles. The highest BCUT2D eigenvalue weighted by atomic mass is 16.6. The quantitative estimate of drug-likeness (QED) is 0.541. The number of nitrogens with one attached hydrogen (secondary N) is 3. The molecule has 1 aliphatic rings. The molecule has 0 radical (unpaired) electrons. The van der Waals surface area contributed by atoms with Crippen LogP contribution in [-0.2, 0) is 4.79 Å². The van der Waals surface area contributed by atoms with Gasteiger partial charge in [-0.05, 0) is 25.3 Å². The number of pyridine rings is 1. The van der Waals surface area contributed by atoms with Crippen LogP contribution < -0.4 is 16.0 Å². The van der Waals surface area contributed by atoms with E-state index in [1.165, 1.54) is 6.07 Å². The number of rotatable bonds is 6. The van der Waals surface area contributed by atoms with E-state index >= 15 is 0 Å². The van der Waals surface area contributed by atoms with Gasteiger partial charge in [0.25, 0.3) is 0 Å². The molecule has 8 heteroatoms. The zero-order valence-electron chi connectivity index (χ0n) is 11.9. The SMILES string of the molecule is CCCNc1ccc([N+](=O)[O-])c(NC2CCCNC2=O)n1. The maximum absolute atomic E-state index is 11.7. The molecular formula is C13H19N5O3. The van der Waals surface area contributed by atoms with E-state index in [0.717, 1.165) is 19.4 Å². The lowest BCUT2D eigenvalue weighted by molar-refractivity contribution is -0.384. The largest absolute Gasteiger partial charge is 0.370 e. The maximum atomic E-state index is 11.7. The van der Waals surface area contributed by atoms with Gasteiger partial charge >= 0.3 is 5.69 Å². The average molecular weight is 293 g/mol. The van der Waals surface area contributed by atoms with Gasteiger partial charge in [-0.1, -0.05) is 6.92 Å². The van der Waals surface area contributed by atoms with Crippen LogP contribution >= 0.6 is 0 Å². The number of carbonyl (C=O) groups excluding carboxylic acids is 1. The highest BCUT2D eigenvalue weighted by Crippen LogP contribution is 2.25. The van der Waals surface area contributed by atoms with Gasteiger partial charge in [-0.15, -0.1) is 0 Å². The van der Waals surface area contributed by atoms with Crippen LogP contribution in [0, 0.1) is 10.1 Å². The molecule has 0 spiro atoms. The van der Waals surface area contributed by atoms with E-state index in [-0.39, 0.29) is 17.4 Å². The van der Waals surface area contributed by atoms with Gasteiger partial charge in [0.1, 0.15) is 11.9 Å². The second-order valence-corrected chi connectivity index (χ2v) is 4.88. The molecule has 8 nitrogen and oxygen atoms in total. The molecule has 114 valence electrons. The maximum Gasteiger partial charge on any atom is 0.311 e. The van der Waals surface area contributed by atoms with Crippen molar-refractivity contribution in [2.75, 3.05) is 23.7 Å². The van der Waals surface area contributed by atoms with Crippen LogP contribution in [0.1, 0.15) is 26.2 Å². The van der Waals surface area contributed by atoms with Gasteiger partial charge in [-0.2, -0.15) is 0 Å². The summed E-state index contributed by atoms with van der Waals surface area (Å²) in [6.07, 6.45) is 2.40. The van der Waals surface area contributed by atoms with Gasteiger partial charge in [-0.25, -0.2) is 4.98 Å². The summed E-state index contributed by atoms with van der Waals surface area (Å²) in [5, 5.41) is 19.8. The number of nitrogens with zero attached hydrogens (tertiary/aromatic N) is 2. The zero-order valence-corrected chi connectivity index (χ0v) is 11.9. The number of piperidine rings is 1. The van der Waals surface area contributed by atoms with E-state index in [2.05, 4.69) is 20.9 Å². The van der Waals surface area contributed by atoms with Crippen molar-refractivity contribution in [3.8, 4) is 0 Å². The first kappa shape index (κ1) is 15.0. The van der Waals surface area contributed by atoms with E-state index in [1.807, 2.05) is 6.92 Å². The Hall–Kier alpha value is -2.38. The van der Waals surface area contributed by atoms with Crippen molar-refractivity contribution in [1.82, 2.24) is 10.3 Å². The van der Waals surface area contributed by atoms with Crippen LogP contribution in [0.4, 0.5) is 17.3 Å². The van der Waals surface area contributed by atoms with Crippen molar-refractivity contribution in [1.29, 1.82) is 0 Å². The standard InChI is InChI=1S/C13H19N5O3/c1-2-7-14-11-6-5-10(18(20)21)12(17-11)16-9-4-3-8-15-13(9)19/h5-6,9H,2-4,7-8H2,1H3,(H,15,19)(H2,14,16,17). The van der Waals surface area contributed by atoms with Gasteiger partial charge in [0, 0.05) is 19.2 Å². The Balaban J connectivity index is 2.21. The van der Waals surface area contributed by atoms with E-state index < -0.39 is 11.0 Å². The molecule has 0 aromatic carbocycles. The van der Waals surface area contributed by atoms with E-state index in [0.29, 0.717) is 18.8 Å². The van der Waals surface area contributed by atoms with Crippen molar-refractivity contribution in [2.24, 2.45) is 0 Å². The van der Waals surface area contributed by atoms with Crippen molar-refractivity contribution >= 4 is 23.2 Å². The monoisotopic (exact) mass is 293 g/mol. The minimum Gasteiger partial charge on any atom is -0.370 e. The molecule has 0 bridgehead atoms. The fourth-order valence-electron chi connectivity index (χ4n) is 2.13. The molecule has 1 unspecified atom stereocenters. The predicted octanol–water partition coefficient (Wildman–Crippen LogP) is 1.50. The number of hydrogen-bond donors (Lipinski definition) is 3. The summed E-state index contributed by atoms with van der Waals surface area (Å²) in [6.45, 7) is 3.39. The third-order valence-corrected chi connectivity index (χ3v) is 3.22. The molecule has 2 heterocycles. The van der Waals surface area contributed by atoms with Gasteiger partial charge < -0.3 is 16.0 Å². The normalized spacial score (nSPS) is 18.0. The summed E-state index contributed by atoms with van der Waals surface area (Å²) in [6, 6.07) is 2.49. The summed E-state index contributed by atoms with van der Waals surface area (Å²) < 4.78 is 0. The van der Waals surface area contributed by atoms with Crippen LogP contribution in [0.3, 0.4) is 0 Å². The smallest absolute Gasteiger partial charge is 0.311 e. The Labute approximate surface area is 122 Å². The molecule has 1 saturated heterocycles. The molecule has 21 heavy (non-hydrogen) atoms. The lowest BCUT2D eigenvalue weighted by Gasteiger charge is -2.23. The first-order chi connectivity index (χ1) is 10.1. The summed E-state index contributed by atoms with van der Waals surface area (Å²) in [7, 11) is 0. The number of amides is 1.